The highest BCUT2D eigenvalue weighted by Crippen LogP contribution is 2.27. The van der Waals surface area contributed by atoms with Crippen LogP contribution in [0.4, 0.5) is 0 Å². The molecule has 2 fully saturated rings. The lowest BCUT2D eigenvalue weighted by Gasteiger charge is -2.40. The van der Waals surface area contributed by atoms with Crippen molar-refractivity contribution >= 4 is 5.91 Å². The summed E-state index contributed by atoms with van der Waals surface area (Å²) in [5.41, 5.74) is 0. The van der Waals surface area contributed by atoms with Crippen LogP contribution in [0.15, 0.2) is 0 Å². The second kappa shape index (κ2) is 4.52. The van der Waals surface area contributed by atoms with Crippen molar-refractivity contribution in [2.75, 3.05) is 26.7 Å². The number of piperazine rings is 1. The van der Waals surface area contributed by atoms with Crippen LogP contribution >= 0.6 is 0 Å². The quantitative estimate of drug-likeness (QED) is 0.652. The first-order valence-corrected chi connectivity index (χ1v) is 6.15. The van der Waals surface area contributed by atoms with E-state index in [1.165, 1.54) is 25.7 Å². The number of rotatable bonds is 1. The Labute approximate surface area is 92.4 Å². The van der Waals surface area contributed by atoms with Crippen LogP contribution in [0.1, 0.15) is 32.6 Å². The summed E-state index contributed by atoms with van der Waals surface area (Å²) >= 11 is 0. The van der Waals surface area contributed by atoms with Gasteiger partial charge in [0, 0.05) is 26.2 Å². The average molecular weight is 210 g/mol. The summed E-state index contributed by atoms with van der Waals surface area (Å²) in [6.07, 6.45) is 5.26. The summed E-state index contributed by atoms with van der Waals surface area (Å²) in [7, 11) is 1.91. The number of carbonyl (C=O) groups excluding carboxylic acids is 1. The maximum absolute atomic E-state index is 11.6. The van der Waals surface area contributed by atoms with Crippen LogP contribution in [0.5, 0.6) is 0 Å². The second-order valence-corrected chi connectivity index (χ2v) is 5.20. The number of hydrogen-bond donors (Lipinski definition) is 0. The van der Waals surface area contributed by atoms with Crippen molar-refractivity contribution in [3.8, 4) is 0 Å². The van der Waals surface area contributed by atoms with Gasteiger partial charge in [0.1, 0.15) is 0 Å². The Hall–Kier alpha value is -0.570. The molecule has 15 heavy (non-hydrogen) atoms. The fourth-order valence-corrected chi connectivity index (χ4v) is 2.70. The molecule has 1 aliphatic carbocycles. The summed E-state index contributed by atoms with van der Waals surface area (Å²) in [5, 5.41) is 0. The number of nitrogens with zero attached hydrogens (tertiary/aromatic N) is 2. The van der Waals surface area contributed by atoms with Gasteiger partial charge in [-0.2, -0.15) is 0 Å². The molecule has 0 aromatic rings. The maximum Gasteiger partial charge on any atom is 0.236 e. The molecule has 1 saturated carbocycles. The van der Waals surface area contributed by atoms with Gasteiger partial charge in [-0.05, 0) is 31.6 Å². The molecule has 1 saturated heterocycles. The molecule has 3 heteroatoms. The van der Waals surface area contributed by atoms with Crippen LogP contribution in [0.3, 0.4) is 0 Å². The zero-order chi connectivity index (χ0) is 10.8. The maximum atomic E-state index is 11.6. The predicted octanol–water partition coefficient (Wildman–Crippen LogP) is 1.34. The van der Waals surface area contributed by atoms with Gasteiger partial charge < -0.3 is 4.90 Å². The van der Waals surface area contributed by atoms with E-state index in [4.69, 9.17) is 0 Å². The van der Waals surface area contributed by atoms with Gasteiger partial charge >= 0.3 is 0 Å². The van der Waals surface area contributed by atoms with Crippen molar-refractivity contribution < 1.29 is 4.79 Å². The van der Waals surface area contributed by atoms with Crippen LogP contribution in [-0.2, 0) is 4.79 Å². The van der Waals surface area contributed by atoms with Crippen LogP contribution in [-0.4, -0.2) is 48.4 Å². The van der Waals surface area contributed by atoms with Crippen molar-refractivity contribution in [3.05, 3.63) is 0 Å². The molecule has 0 atom stereocenters. The molecule has 0 unspecified atom stereocenters. The van der Waals surface area contributed by atoms with Gasteiger partial charge in [-0.25, -0.2) is 0 Å². The molecule has 2 aliphatic rings. The Morgan fingerprint density at radius 1 is 1.13 bits per heavy atom. The number of carbonyl (C=O) groups is 1. The van der Waals surface area contributed by atoms with E-state index in [9.17, 15) is 4.79 Å². The average Bonchev–Trinajstić information content (AvgIpc) is 2.23. The van der Waals surface area contributed by atoms with E-state index >= 15 is 0 Å². The summed E-state index contributed by atoms with van der Waals surface area (Å²) in [6.45, 7) is 4.97. The summed E-state index contributed by atoms with van der Waals surface area (Å²) in [4.78, 5) is 15.8. The third kappa shape index (κ3) is 2.51. The van der Waals surface area contributed by atoms with E-state index in [1.807, 2.05) is 11.9 Å². The molecule has 0 aromatic heterocycles. The molecule has 86 valence electrons. The first kappa shape index (κ1) is 10.9. The third-order valence-electron chi connectivity index (χ3n) is 3.99. The van der Waals surface area contributed by atoms with Crippen molar-refractivity contribution in [2.24, 2.45) is 5.92 Å². The Balaban J connectivity index is 1.86. The summed E-state index contributed by atoms with van der Waals surface area (Å²) < 4.78 is 0. The van der Waals surface area contributed by atoms with Crippen molar-refractivity contribution in [1.29, 1.82) is 0 Å². The smallest absolute Gasteiger partial charge is 0.236 e. The van der Waals surface area contributed by atoms with Crippen LogP contribution in [0, 0.1) is 5.92 Å². The van der Waals surface area contributed by atoms with Gasteiger partial charge in [-0.3, -0.25) is 9.69 Å². The Morgan fingerprint density at radius 2 is 1.80 bits per heavy atom. The second-order valence-electron chi connectivity index (χ2n) is 5.20. The normalized spacial score (nSPS) is 34.5. The molecular weight excluding hydrogens is 188 g/mol. The predicted molar refractivity (Wildman–Crippen MR) is 60.6 cm³/mol. The van der Waals surface area contributed by atoms with E-state index in [0.717, 1.165) is 19.0 Å². The molecule has 1 amide bonds. The van der Waals surface area contributed by atoms with Crippen molar-refractivity contribution in [2.45, 2.75) is 38.6 Å². The third-order valence-corrected chi connectivity index (χ3v) is 3.99. The number of likely N-dealkylation sites (N-methyl/N-ethyl adjacent to an activating group) is 1. The fraction of sp³-hybridized carbons (Fsp3) is 0.917. The first-order valence-electron chi connectivity index (χ1n) is 6.15. The molecule has 2 rings (SSSR count). The minimum atomic E-state index is 0.292. The monoisotopic (exact) mass is 210 g/mol. The zero-order valence-electron chi connectivity index (χ0n) is 9.91. The van der Waals surface area contributed by atoms with E-state index in [0.29, 0.717) is 18.5 Å². The van der Waals surface area contributed by atoms with Gasteiger partial charge in [-0.15, -0.1) is 0 Å². The molecule has 0 aromatic carbocycles. The van der Waals surface area contributed by atoms with Gasteiger partial charge in [0.2, 0.25) is 5.91 Å². The van der Waals surface area contributed by atoms with Gasteiger partial charge in [0.25, 0.3) is 0 Å². The number of amides is 1. The lowest BCUT2D eigenvalue weighted by atomic mass is 9.86. The fourth-order valence-electron chi connectivity index (χ4n) is 2.70. The standard InChI is InChI=1S/C12H22N2O/c1-10-3-5-11(6-4-10)14-8-7-13(2)12(15)9-14/h10-11H,3-9H2,1-2H3/t10-,11-. The summed E-state index contributed by atoms with van der Waals surface area (Å²) in [6, 6.07) is 0.679. The highest BCUT2D eigenvalue weighted by Gasteiger charge is 2.29. The van der Waals surface area contributed by atoms with Crippen LogP contribution in [0.25, 0.3) is 0 Å². The Bertz CT molecular complexity index is 234. The number of hydrogen-bond acceptors (Lipinski definition) is 2. The van der Waals surface area contributed by atoms with E-state index in [1.54, 1.807) is 0 Å². The molecule has 0 bridgehead atoms. The Kier molecular flexibility index (Phi) is 3.29. The molecule has 3 nitrogen and oxygen atoms in total. The van der Waals surface area contributed by atoms with Gasteiger partial charge in [0.15, 0.2) is 0 Å². The highest BCUT2D eigenvalue weighted by molar-refractivity contribution is 5.78. The molecule has 0 radical (unpaired) electrons. The van der Waals surface area contributed by atoms with Crippen LogP contribution < -0.4 is 0 Å². The zero-order valence-corrected chi connectivity index (χ0v) is 9.91. The van der Waals surface area contributed by atoms with Gasteiger partial charge in [0.05, 0.1) is 6.54 Å². The lowest BCUT2D eigenvalue weighted by molar-refractivity contribution is -0.135. The highest BCUT2D eigenvalue weighted by atomic mass is 16.2. The minimum Gasteiger partial charge on any atom is -0.343 e. The SMILES string of the molecule is CN1CCN([C@H]2CC[C@H](C)CC2)CC1=O. The molecular formula is C12H22N2O. The molecule has 1 heterocycles. The molecule has 0 N–H and O–H groups in total. The van der Waals surface area contributed by atoms with Crippen molar-refractivity contribution in [1.82, 2.24) is 9.80 Å². The summed E-state index contributed by atoms with van der Waals surface area (Å²) in [5.74, 6) is 1.18. The topological polar surface area (TPSA) is 23.6 Å². The van der Waals surface area contributed by atoms with E-state index in [2.05, 4.69) is 11.8 Å². The van der Waals surface area contributed by atoms with E-state index < -0.39 is 0 Å². The van der Waals surface area contributed by atoms with E-state index in [-0.39, 0.29) is 0 Å². The molecule has 1 aliphatic heterocycles. The minimum absolute atomic E-state index is 0.292. The Morgan fingerprint density at radius 3 is 2.40 bits per heavy atom. The van der Waals surface area contributed by atoms with Crippen LogP contribution in [0.2, 0.25) is 0 Å². The molecule has 0 spiro atoms. The van der Waals surface area contributed by atoms with Crippen molar-refractivity contribution in [3.63, 3.8) is 0 Å². The lowest BCUT2D eigenvalue weighted by Crippen LogP contribution is -2.52. The van der Waals surface area contributed by atoms with Gasteiger partial charge in [-0.1, -0.05) is 6.92 Å². The first-order chi connectivity index (χ1) is 7.16. The largest absolute Gasteiger partial charge is 0.343 e.